The van der Waals surface area contributed by atoms with E-state index in [4.69, 9.17) is 19.3 Å². The van der Waals surface area contributed by atoms with E-state index in [1.807, 2.05) is 19.1 Å². The summed E-state index contributed by atoms with van der Waals surface area (Å²) in [7, 11) is 1.57. The molecule has 0 amide bonds. The van der Waals surface area contributed by atoms with E-state index in [1.54, 1.807) is 46.0 Å². The number of aromatic nitrogens is 1. The van der Waals surface area contributed by atoms with Gasteiger partial charge in [-0.15, -0.1) is 0 Å². The molecule has 3 aromatic rings. The number of hydrogen-bond acceptors (Lipinski definition) is 6. The van der Waals surface area contributed by atoms with Gasteiger partial charge in [-0.25, -0.2) is 4.79 Å². The van der Waals surface area contributed by atoms with Gasteiger partial charge < -0.3 is 29.0 Å². The number of carboxylic acids is 1. The number of fused-ring (bicyclic) bond motifs is 2. The predicted octanol–water partition coefficient (Wildman–Crippen LogP) is 4.15. The van der Waals surface area contributed by atoms with Crippen LogP contribution in [0.2, 0.25) is 0 Å². The van der Waals surface area contributed by atoms with Gasteiger partial charge >= 0.3 is 5.97 Å². The quantitative estimate of drug-likeness (QED) is 0.507. The lowest BCUT2D eigenvalue weighted by molar-refractivity contribution is -0.161. The highest BCUT2D eigenvalue weighted by atomic mass is 16.5. The Labute approximate surface area is 210 Å². The zero-order valence-corrected chi connectivity index (χ0v) is 21.4. The summed E-state index contributed by atoms with van der Waals surface area (Å²) in [6.07, 6.45) is 0.377. The van der Waals surface area contributed by atoms with Gasteiger partial charge in [-0.05, 0) is 86.9 Å². The van der Waals surface area contributed by atoms with Gasteiger partial charge in [0.15, 0.2) is 6.10 Å². The lowest BCUT2D eigenvalue weighted by Gasteiger charge is -2.29. The van der Waals surface area contributed by atoms with Gasteiger partial charge in [0.25, 0.3) is 5.56 Å². The van der Waals surface area contributed by atoms with E-state index in [2.05, 4.69) is 0 Å². The van der Waals surface area contributed by atoms with Crippen LogP contribution in [-0.4, -0.2) is 46.2 Å². The van der Waals surface area contributed by atoms with E-state index in [0.29, 0.717) is 28.7 Å². The van der Waals surface area contributed by atoms with Gasteiger partial charge in [-0.2, -0.15) is 0 Å². The van der Waals surface area contributed by atoms with Crippen molar-refractivity contribution in [3.8, 4) is 22.6 Å². The first kappa shape index (κ1) is 25.7. The van der Waals surface area contributed by atoms with Crippen LogP contribution in [0, 0.1) is 6.92 Å². The number of ether oxygens (including phenoxy) is 3. The van der Waals surface area contributed by atoms with E-state index < -0.39 is 17.7 Å². The predicted molar refractivity (Wildman–Crippen MR) is 137 cm³/mol. The van der Waals surface area contributed by atoms with Crippen molar-refractivity contribution in [2.45, 2.75) is 52.2 Å². The summed E-state index contributed by atoms with van der Waals surface area (Å²) in [4.78, 5) is 26.1. The zero-order valence-electron chi connectivity index (χ0n) is 21.4. The standard InChI is InChI=1S/C28H33NO7/c1-16-18-7-6-13-35-22(18)11-10-19(16)23-20-9-8-17(34-14-12-30)15-21(20)26(31)29(5)24(23)25(27(32)33)36-28(2,3)4/h8-11,15,25,30H,6-7,12-14H2,1-5H3,(H,32,33). The second-order valence-corrected chi connectivity index (χ2v) is 10.0. The molecule has 0 saturated carbocycles. The van der Waals surface area contributed by atoms with E-state index in [-0.39, 0.29) is 24.5 Å². The summed E-state index contributed by atoms with van der Waals surface area (Å²) in [6.45, 7) is 7.97. The normalized spacial score (nSPS) is 14.3. The molecule has 0 radical (unpaired) electrons. The molecule has 36 heavy (non-hydrogen) atoms. The van der Waals surface area contributed by atoms with Crippen LogP contribution in [0.25, 0.3) is 21.9 Å². The Balaban J connectivity index is 2.09. The Morgan fingerprint density at radius 3 is 2.61 bits per heavy atom. The maximum atomic E-state index is 13.6. The topological polar surface area (TPSA) is 107 Å². The number of aliphatic carboxylic acids is 1. The van der Waals surface area contributed by atoms with Crippen molar-refractivity contribution >= 4 is 16.7 Å². The second kappa shape index (κ2) is 9.95. The number of nitrogens with zero attached hydrogens (tertiary/aromatic N) is 1. The molecule has 4 rings (SSSR count). The molecule has 8 heteroatoms. The highest BCUT2D eigenvalue weighted by Gasteiger charge is 2.34. The van der Waals surface area contributed by atoms with Gasteiger partial charge in [0.05, 0.1) is 29.9 Å². The molecule has 0 fully saturated rings. The third kappa shape index (κ3) is 4.83. The first-order valence-electron chi connectivity index (χ1n) is 12.1. The monoisotopic (exact) mass is 495 g/mol. The smallest absolute Gasteiger partial charge is 0.339 e. The molecule has 1 atom stereocenters. The molecule has 0 aliphatic carbocycles. The molecule has 0 saturated heterocycles. The minimum atomic E-state index is -1.38. The fraction of sp³-hybridized carbons (Fsp3) is 0.429. The van der Waals surface area contributed by atoms with Gasteiger partial charge in [0, 0.05) is 12.6 Å². The van der Waals surface area contributed by atoms with Gasteiger partial charge in [0.1, 0.15) is 18.1 Å². The number of aliphatic hydroxyl groups is 1. The third-order valence-corrected chi connectivity index (χ3v) is 6.37. The van der Waals surface area contributed by atoms with Gasteiger partial charge in [-0.1, -0.05) is 6.07 Å². The minimum absolute atomic E-state index is 0.0984. The molecule has 2 aromatic carbocycles. The number of rotatable bonds is 7. The van der Waals surface area contributed by atoms with Crippen molar-refractivity contribution in [3.05, 3.63) is 57.5 Å². The molecule has 0 bridgehead atoms. The number of pyridine rings is 1. The molecule has 1 aliphatic rings. The van der Waals surface area contributed by atoms with Crippen LogP contribution in [0.3, 0.4) is 0 Å². The molecular weight excluding hydrogens is 462 g/mol. The molecule has 1 aliphatic heterocycles. The zero-order chi connectivity index (χ0) is 26.2. The van der Waals surface area contributed by atoms with Crippen LogP contribution in [0.4, 0.5) is 0 Å². The number of hydrogen-bond donors (Lipinski definition) is 2. The van der Waals surface area contributed by atoms with Crippen molar-refractivity contribution in [2.75, 3.05) is 19.8 Å². The SMILES string of the molecule is Cc1c(-c2c(C(OC(C)(C)C)C(=O)O)n(C)c(=O)c3cc(OCCO)ccc23)ccc2c1CCCO2. The summed E-state index contributed by atoms with van der Waals surface area (Å²) >= 11 is 0. The second-order valence-electron chi connectivity index (χ2n) is 10.0. The molecular formula is C28H33NO7. The molecule has 1 aromatic heterocycles. The summed E-state index contributed by atoms with van der Waals surface area (Å²) < 4.78 is 18.8. The molecule has 2 heterocycles. The Bertz CT molecular complexity index is 1370. The van der Waals surface area contributed by atoms with E-state index in [1.165, 1.54) is 4.57 Å². The van der Waals surface area contributed by atoms with Crippen LogP contribution >= 0.6 is 0 Å². The Morgan fingerprint density at radius 1 is 1.19 bits per heavy atom. The average molecular weight is 496 g/mol. The van der Waals surface area contributed by atoms with E-state index in [0.717, 1.165) is 35.3 Å². The summed E-state index contributed by atoms with van der Waals surface area (Å²) in [6, 6.07) is 8.97. The fourth-order valence-corrected chi connectivity index (χ4v) is 4.81. The van der Waals surface area contributed by atoms with Crippen molar-refractivity contribution in [2.24, 2.45) is 7.05 Å². The van der Waals surface area contributed by atoms with Crippen molar-refractivity contribution in [1.82, 2.24) is 4.57 Å². The molecule has 2 N–H and O–H groups in total. The van der Waals surface area contributed by atoms with Crippen LogP contribution in [0.15, 0.2) is 35.1 Å². The van der Waals surface area contributed by atoms with Crippen molar-refractivity contribution in [3.63, 3.8) is 0 Å². The third-order valence-electron chi connectivity index (χ3n) is 6.37. The maximum Gasteiger partial charge on any atom is 0.339 e. The first-order valence-corrected chi connectivity index (χ1v) is 12.1. The van der Waals surface area contributed by atoms with Crippen LogP contribution in [0.5, 0.6) is 11.5 Å². The highest BCUT2D eigenvalue weighted by Crippen LogP contribution is 2.42. The lowest BCUT2D eigenvalue weighted by Crippen LogP contribution is -2.33. The summed E-state index contributed by atoms with van der Waals surface area (Å²) in [5, 5.41) is 20.4. The molecule has 8 nitrogen and oxygen atoms in total. The van der Waals surface area contributed by atoms with Crippen molar-refractivity contribution < 1.29 is 29.2 Å². The minimum Gasteiger partial charge on any atom is -0.493 e. The first-order chi connectivity index (χ1) is 17.0. The Hall–Kier alpha value is -3.36. The average Bonchev–Trinajstić information content (AvgIpc) is 2.83. The van der Waals surface area contributed by atoms with E-state index in [9.17, 15) is 14.7 Å². The summed E-state index contributed by atoms with van der Waals surface area (Å²) in [5.74, 6) is 0.101. The lowest BCUT2D eigenvalue weighted by atomic mass is 9.88. The van der Waals surface area contributed by atoms with Crippen LogP contribution < -0.4 is 15.0 Å². The molecule has 1 unspecified atom stereocenters. The Kier molecular flexibility index (Phi) is 7.11. The van der Waals surface area contributed by atoms with Crippen molar-refractivity contribution in [1.29, 1.82) is 0 Å². The van der Waals surface area contributed by atoms with Crippen LogP contribution in [-0.2, 0) is 23.0 Å². The summed E-state index contributed by atoms with van der Waals surface area (Å²) in [5.41, 5.74) is 2.66. The molecule has 0 spiro atoms. The fourth-order valence-electron chi connectivity index (χ4n) is 4.81. The Morgan fingerprint density at radius 2 is 1.94 bits per heavy atom. The number of carbonyl (C=O) groups is 1. The maximum absolute atomic E-state index is 13.6. The largest absolute Gasteiger partial charge is 0.493 e. The van der Waals surface area contributed by atoms with Gasteiger partial charge in [0.2, 0.25) is 0 Å². The highest BCUT2D eigenvalue weighted by molar-refractivity contribution is 6.00. The molecule has 192 valence electrons. The number of aliphatic hydroxyl groups excluding tert-OH is 1. The van der Waals surface area contributed by atoms with Crippen LogP contribution in [0.1, 0.15) is 50.1 Å². The van der Waals surface area contributed by atoms with Gasteiger partial charge in [-0.3, -0.25) is 4.79 Å². The van der Waals surface area contributed by atoms with E-state index >= 15 is 0 Å². The number of benzene rings is 2. The number of carboxylic acid groups (broad SMARTS) is 1.